The van der Waals surface area contributed by atoms with E-state index in [4.69, 9.17) is 10.5 Å². The quantitative estimate of drug-likeness (QED) is 0.884. The SMILES string of the molecule is COc1cc(C)cc(C)c1-c1c(C)nn(C)c1N. The van der Waals surface area contributed by atoms with Gasteiger partial charge in [0.25, 0.3) is 0 Å². The lowest BCUT2D eigenvalue weighted by atomic mass is 9.97. The topological polar surface area (TPSA) is 53.1 Å². The first kappa shape index (κ1) is 12.5. The zero-order valence-electron chi connectivity index (χ0n) is 11.5. The van der Waals surface area contributed by atoms with Crippen molar-refractivity contribution in [1.29, 1.82) is 0 Å². The van der Waals surface area contributed by atoms with E-state index in [0.29, 0.717) is 5.82 Å². The van der Waals surface area contributed by atoms with Gasteiger partial charge < -0.3 is 10.5 Å². The Hall–Kier alpha value is -1.97. The van der Waals surface area contributed by atoms with E-state index in [9.17, 15) is 0 Å². The Morgan fingerprint density at radius 2 is 1.83 bits per heavy atom. The summed E-state index contributed by atoms with van der Waals surface area (Å²) in [7, 11) is 3.53. The monoisotopic (exact) mass is 245 g/mol. The molecule has 0 amide bonds. The molecule has 0 saturated heterocycles. The first-order valence-electron chi connectivity index (χ1n) is 5.90. The summed E-state index contributed by atoms with van der Waals surface area (Å²) in [5.74, 6) is 1.51. The maximum atomic E-state index is 6.11. The average molecular weight is 245 g/mol. The van der Waals surface area contributed by atoms with Crippen molar-refractivity contribution in [2.75, 3.05) is 12.8 Å². The van der Waals surface area contributed by atoms with E-state index in [2.05, 4.69) is 25.0 Å². The van der Waals surface area contributed by atoms with Crippen LogP contribution in [0.15, 0.2) is 12.1 Å². The lowest BCUT2D eigenvalue weighted by Gasteiger charge is -2.13. The van der Waals surface area contributed by atoms with Crippen LogP contribution in [0.2, 0.25) is 0 Å². The molecule has 2 aromatic rings. The molecule has 0 radical (unpaired) electrons. The third-order valence-electron chi connectivity index (χ3n) is 3.18. The maximum Gasteiger partial charge on any atom is 0.129 e. The summed E-state index contributed by atoms with van der Waals surface area (Å²) >= 11 is 0. The number of hydrogen-bond acceptors (Lipinski definition) is 3. The molecule has 0 bridgehead atoms. The van der Waals surface area contributed by atoms with Gasteiger partial charge in [0, 0.05) is 12.6 Å². The number of hydrogen-bond donors (Lipinski definition) is 1. The zero-order valence-corrected chi connectivity index (χ0v) is 11.5. The maximum absolute atomic E-state index is 6.11. The molecule has 2 N–H and O–H groups in total. The number of anilines is 1. The third-order valence-corrected chi connectivity index (χ3v) is 3.18. The smallest absolute Gasteiger partial charge is 0.129 e. The highest BCUT2D eigenvalue weighted by atomic mass is 16.5. The number of nitrogen functional groups attached to an aromatic ring is 1. The van der Waals surface area contributed by atoms with E-state index in [1.165, 1.54) is 5.56 Å². The van der Waals surface area contributed by atoms with E-state index in [-0.39, 0.29) is 0 Å². The molecule has 0 aliphatic heterocycles. The molecule has 0 aliphatic carbocycles. The molecule has 0 atom stereocenters. The van der Waals surface area contributed by atoms with Crippen molar-refractivity contribution in [2.45, 2.75) is 20.8 Å². The van der Waals surface area contributed by atoms with Crippen LogP contribution in [0.5, 0.6) is 5.75 Å². The summed E-state index contributed by atoms with van der Waals surface area (Å²) in [6, 6.07) is 4.15. The van der Waals surface area contributed by atoms with Gasteiger partial charge in [0.2, 0.25) is 0 Å². The molecule has 2 rings (SSSR count). The molecule has 1 heterocycles. The van der Waals surface area contributed by atoms with Crippen LogP contribution in [-0.2, 0) is 7.05 Å². The van der Waals surface area contributed by atoms with Gasteiger partial charge in [0.1, 0.15) is 11.6 Å². The van der Waals surface area contributed by atoms with Crippen LogP contribution in [0.3, 0.4) is 0 Å². The van der Waals surface area contributed by atoms with Crippen molar-refractivity contribution in [3.8, 4) is 16.9 Å². The van der Waals surface area contributed by atoms with E-state index >= 15 is 0 Å². The summed E-state index contributed by atoms with van der Waals surface area (Å²) < 4.78 is 7.19. The average Bonchev–Trinajstić information content (AvgIpc) is 2.54. The molecule has 0 unspecified atom stereocenters. The van der Waals surface area contributed by atoms with Crippen LogP contribution >= 0.6 is 0 Å². The predicted molar refractivity (Wildman–Crippen MR) is 73.8 cm³/mol. The molecule has 0 aliphatic rings. The van der Waals surface area contributed by atoms with E-state index in [0.717, 1.165) is 28.1 Å². The summed E-state index contributed by atoms with van der Waals surface area (Å²) in [4.78, 5) is 0. The summed E-state index contributed by atoms with van der Waals surface area (Å²) in [6.45, 7) is 6.08. The van der Waals surface area contributed by atoms with Crippen molar-refractivity contribution >= 4 is 5.82 Å². The Balaban J connectivity index is 2.78. The number of ether oxygens (including phenoxy) is 1. The van der Waals surface area contributed by atoms with Gasteiger partial charge in [0.05, 0.1) is 18.4 Å². The zero-order chi connectivity index (χ0) is 13.4. The molecule has 1 aromatic carbocycles. The Morgan fingerprint density at radius 1 is 1.17 bits per heavy atom. The highest BCUT2D eigenvalue weighted by Crippen LogP contribution is 2.39. The Kier molecular flexibility index (Phi) is 3.03. The van der Waals surface area contributed by atoms with Gasteiger partial charge >= 0.3 is 0 Å². The van der Waals surface area contributed by atoms with Gasteiger partial charge in [-0.25, -0.2) is 0 Å². The molecule has 4 nitrogen and oxygen atoms in total. The van der Waals surface area contributed by atoms with E-state index in [1.807, 2.05) is 20.0 Å². The minimum atomic E-state index is 0.665. The van der Waals surface area contributed by atoms with Crippen LogP contribution < -0.4 is 10.5 Å². The third kappa shape index (κ3) is 1.83. The summed E-state index contributed by atoms with van der Waals surface area (Å²) in [5, 5.41) is 4.36. The van der Waals surface area contributed by atoms with Crippen LogP contribution in [0.25, 0.3) is 11.1 Å². The van der Waals surface area contributed by atoms with Crippen LogP contribution in [0, 0.1) is 20.8 Å². The van der Waals surface area contributed by atoms with Crippen molar-refractivity contribution in [1.82, 2.24) is 9.78 Å². The number of aryl methyl sites for hydroxylation is 4. The highest BCUT2D eigenvalue weighted by molar-refractivity contribution is 5.83. The first-order chi connectivity index (χ1) is 8.45. The Bertz CT molecular complexity index is 600. The van der Waals surface area contributed by atoms with E-state index in [1.54, 1.807) is 11.8 Å². The van der Waals surface area contributed by atoms with E-state index < -0.39 is 0 Å². The molecule has 0 fully saturated rings. The Morgan fingerprint density at radius 3 is 2.33 bits per heavy atom. The molecule has 4 heteroatoms. The first-order valence-corrected chi connectivity index (χ1v) is 5.90. The molecule has 0 saturated carbocycles. The fourth-order valence-corrected chi connectivity index (χ4v) is 2.39. The summed E-state index contributed by atoms with van der Waals surface area (Å²) in [6.07, 6.45) is 0. The number of methoxy groups -OCH3 is 1. The molecule has 18 heavy (non-hydrogen) atoms. The number of benzene rings is 1. The number of nitrogens with zero attached hydrogens (tertiary/aromatic N) is 2. The minimum Gasteiger partial charge on any atom is -0.496 e. The van der Waals surface area contributed by atoms with Crippen molar-refractivity contribution in [3.63, 3.8) is 0 Å². The molecule has 1 aromatic heterocycles. The van der Waals surface area contributed by atoms with Crippen LogP contribution in [0.4, 0.5) is 5.82 Å². The lowest BCUT2D eigenvalue weighted by molar-refractivity contribution is 0.416. The predicted octanol–water partition coefficient (Wildman–Crippen LogP) is 2.60. The normalized spacial score (nSPS) is 10.7. The number of nitrogens with two attached hydrogens (primary N) is 1. The lowest BCUT2D eigenvalue weighted by Crippen LogP contribution is -1.99. The molecular weight excluding hydrogens is 226 g/mol. The second-order valence-corrected chi connectivity index (χ2v) is 4.63. The number of aromatic nitrogens is 2. The highest BCUT2D eigenvalue weighted by Gasteiger charge is 2.18. The van der Waals surface area contributed by atoms with Crippen molar-refractivity contribution < 1.29 is 4.74 Å². The molecule has 0 spiro atoms. The standard InChI is InChI=1S/C14H19N3O/c1-8-6-9(2)12(11(7-8)18-5)13-10(3)16-17(4)14(13)15/h6-7H,15H2,1-5H3. The van der Waals surface area contributed by atoms with Gasteiger partial charge in [-0.2, -0.15) is 5.10 Å². The second kappa shape index (κ2) is 4.37. The largest absolute Gasteiger partial charge is 0.496 e. The van der Waals surface area contributed by atoms with Gasteiger partial charge in [-0.3, -0.25) is 4.68 Å². The second-order valence-electron chi connectivity index (χ2n) is 4.63. The van der Waals surface area contributed by atoms with Gasteiger partial charge in [0.15, 0.2) is 0 Å². The minimum absolute atomic E-state index is 0.665. The van der Waals surface area contributed by atoms with Crippen molar-refractivity contribution in [2.24, 2.45) is 7.05 Å². The van der Waals surface area contributed by atoms with Gasteiger partial charge in [-0.05, 0) is 38.0 Å². The summed E-state index contributed by atoms with van der Waals surface area (Å²) in [5.41, 5.74) is 11.3. The molecular formula is C14H19N3O. The Labute approximate surface area is 107 Å². The van der Waals surface area contributed by atoms with Crippen molar-refractivity contribution in [3.05, 3.63) is 29.0 Å². The fraction of sp³-hybridized carbons (Fsp3) is 0.357. The van der Waals surface area contributed by atoms with Gasteiger partial charge in [-0.15, -0.1) is 0 Å². The number of rotatable bonds is 2. The van der Waals surface area contributed by atoms with Crippen LogP contribution in [-0.4, -0.2) is 16.9 Å². The fourth-order valence-electron chi connectivity index (χ4n) is 2.39. The van der Waals surface area contributed by atoms with Gasteiger partial charge in [-0.1, -0.05) is 6.07 Å². The molecule has 96 valence electrons. The van der Waals surface area contributed by atoms with Crippen LogP contribution in [0.1, 0.15) is 16.8 Å².